The first-order valence-electron chi connectivity index (χ1n) is 6.70. The molecule has 1 aliphatic heterocycles. The molecule has 114 valence electrons. The van der Waals surface area contributed by atoms with Gasteiger partial charge in [-0.2, -0.15) is 0 Å². The van der Waals surface area contributed by atoms with Crippen molar-refractivity contribution in [1.29, 1.82) is 0 Å². The van der Waals surface area contributed by atoms with E-state index in [0.717, 1.165) is 10.0 Å². The molecule has 2 heterocycles. The summed E-state index contributed by atoms with van der Waals surface area (Å²) in [7, 11) is 1.62. The lowest BCUT2D eigenvalue weighted by Gasteiger charge is -2.22. The Balaban J connectivity index is 2.15. The highest BCUT2D eigenvalue weighted by Crippen LogP contribution is 2.30. The quantitative estimate of drug-likeness (QED) is 0.839. The van der Waals surface area contributed by atoms with Crippen LogP contribution in [0.2, 0.25) is 5.02 Å². The first-order valence-corrected chi connectivity index (χ1v) is 7.87. The maximum Gasteiger partial charge on any atom is 0.255 e. The fraction of sp³-hybridized carbons (Fsp3) is 0.200. The summed E-state index contributed by atoms with van der Waals surface area (Å²) in [5.41, 5.74) is 1.71. The predicted molar refractivity (Wildman–Crippen MR) is 90.2 cm³/mol. The molecular formula is C15H13BrClN3O2. The number of amides is 1. The molecule has 0 unspecified atom stereocenters. The number of fused-ring (bicyclic) bond motifs is 1. The second kappa shape index (κ2) is 5.78. The van der Waals surface area contributed by atoms with E-state index in [1.807, 2.05) is 6.07 Å². The topological polar surface area (TPSA) is 63.1 Å². The van der Waals surface area contributed by atoms with E-state index in [2.05, 4.69) is 26.6 Å². The van der Waals surface area contributed by atoms with Crippen molar-refractivity contribution in [2.75, 3.05) is 11.9 Å². The van der Waals surface area contributed by atoms with E-state index in [-0.39, 0.29) is 11.5 Å². The van der Waals surface area contributed by atoms with E-state index in [9.17, 15) is 9.59 Å². The average Bonchev–Trinajstić information content (AvgIpc) is 2.46. The van der Waals surface area contributed by atoms with Gasteiger partial charge in [-0.1, -0.05) is 27.5 Å². The molecule has 5 nitrogen and oxygen atoms in total. The number of pyridine rings is 1. The molecule has 0 atom stereocenters. The van der Waals surface area contributed by atoms with Crippen LogP contribution < -0.4 is 16.2 Å². The Labute approximate surface area is 140 Å². The maximum atomic E-state index is 12.2. The lowest BCUT2D eigenvalue weighted by molar-refractivity contribution is 0.0946. The second-order valence-electron chi connectivity index (χ2n) is 5.05. The first kappa shape index (κ1) is 15.1. The van der Waals surface area contributed by atoms with Gasteiger partial charge >= 0.3 is 0 Å². The molecule has 1 amide bonds. The Morgan fingerprint density at radius 2 is 2.09 bits per heavy atom. The number of carbonyl (C=O) groups is 1. The van der Waals surface area contributed by atoms with Crippen molar-refractivity contribution in [3.63, 3.8) is 0 Å². The van der Waals surface area contributed by atoms with Crippen molar-refractivity contribution in [3.05, 3.63) is 55.2 Å². The number of carbonyl (C=O) groups excluding carboxylic acids is 1. The normalized spacial score (nSPS) is 13.5. The van der Waals surface area contributed by atoms with Crippen LogP contribution in [0, 0.1) is 0 Å². The summed E-state index contributed by atoms with van der Waals surface area (Å²) in [4.78, 5) is 24.3. The summed E-state index contributed by atoms with van der Waals surface area (Å²) in [5.74, 6) is 0.261. The van der Waals surface area contributed by atoms with Crippen LogP contribution in [0.4, 0.5) is 11.5 Å². The van der Waals surface area contributed by atoms with Crippen molar-refractivity contribution < 1.29 is 4.79 Å². The third-order valence-corrected chi connectivity index (χ3v) is 4.42. The zero-order chi connectivity index (χ0) is 15.9. The van der Waals surface area contributed by atoms with E-state index in [4.69, 9.17) is 11.6 Å². The van der Waals surface area contributed by atoms with Gasteiger partial charge in [0.15, 0.2) is 0 Å². The van der Waals surface area contributed by atoms with Crippen LogP contribution in [0.3, 0.4) is 0 Å². The minimum absolute atomic E-state index is 0.163. The molecule has 2 aromatic rings. The van der Waals surface area contributed by atoms with Gasteiger partial charge in [-0.15, -0.1) is 0 Å². The zero-order valence-electron chi connectivity index (χ0n) is 11.7. The van der Waals surface area contributed by atoms with Crippen molar-refractivity contribution >= 4 is 44.9 Å². The summed E-state index contributed by atoms with van der Waals surface area (Å²) in [5, 5.41) is 6.41. The molecule has 3 rings (SSSR count). The van der Waals surface area contributed by atoms with Crippen LogP contribution in [0.5, 0.6) is 0 Å². The largest absolute Gasteiger partial charge is 0.352 e. The van der Waals surface area contributed by atoms with Crippen molar-refractivity contribution in [2.24, 2.45) is 7.05 Å². The number of benzene rings is 1. The molecule has 0 spiro atoms. The highest BCUT2D eigenvalue weighted by atomic mass is 79.9. The van der Waals surface area contributed by atoms with Gasteiger partial charge in [0.05, 0.1) is 16.3 Å². The molecule has 0 saturated heterocycles. The highest BCUT2D eigenvalue weighted by molar-refractivity contribution is 9.10. The van der Waals surface area contributed by atoms with Crippen LogP contribution in [0.1, 0.15) is 15.9 Å². The van der Waals surface area contributed by atoms with Crippen LogP contribution >= 0.6 is 27.5 Å². The molecule has 0 fully saturated rings. The lowest BCUT2D eigenvalue weighted by atomic mass is 10.0. The van der Waals surface area contributed by atoms with Gasteiger partial charge < -0.3 is 10.6 Å². The minimum atomic E-state index is -0.187. The maximum absolute atomic E-state index is 12.2. The van der Waals surface area contributed by atoms with Gasteiger partial charge in [0.2, 0.25) is 0 Å². The Morgan fingerprint density at radius 1 is 1.32 bits per heavy atom. The van der Waals surface area contributed by atoms with Gasteiger partial charge in [0, 0.05) is 24.1 Å². The molecular weight excluding hydrogens is 370 g/mol. The Morgan fingerprint density at radius 3 is 2.82 bits per heavy atom. The number of hydrogen-bond donors (Lipinski definition) is 2. The molecule has 22 heavy (non-hydrogen) atoms. The summed E-state index contributed by atoms with van der Waals surface area (Å²) in [6.45, 7) is 0.539. The van der Waals surface area contributed by atoms with Crippen molar-refractivity contribution in [2.45, 2.75) is 6.42 Å². The van der Waals surface area contributed by atoms with Crippen molar-refractivity contribution in [3.8, 4) is 0 Å². The monoisotopic (exact) mass is 381 g/mol. The minimum Gasteiger partial charge on any atom is -0.352 e. The van der Waals surface area contributed by atoms with Crippen LogP contribution in [-0.4, -0.2) is 17.0 Å². The predicted octanol–water partition coefficient (Wildman–Crippen LogP) is 2.83. The van der Waals surface area contributed by atoms with Gasteiger partial charge in [-0.05, 0) is 30.2 Å². The molecule has 1 aromatic heterocycles. The summed E-state index contributed by atoms with van der Waals surface area (Å²) in [6.07, 6.45) is 0.639. The number of halogens is 2. The number of aromatic nitrogens is 1. The van der Waals surface area contributed by atoms with Crippen LogP contribution in [0.15, 0.2) is 33.5 Å². The smallest absolute Gasteiger partial charge is 0.255 e. The Kier molecular flexibility index (Phi) is 3.97. The Bertz CT molecular complexity index is 832. The molecule has 0 aliphatic carbocycles. The number of rotatable bonds is 2. The fourth-order valence-electron chi connectivity index (χ4n) is 2.46. The fourth-order valence-corrected chi connectivity index (χ4v) is 3.18. The van der Waals surface area contributed by atoms with Crippen LogP contribution in [0.25, 0.3) is 0 Å². The van der Waals surface area contributed by atoms with E-state index >= 15 is 0 Å². The van der Waals surface area contributed by atoms with Gasteiger partial charge in [0.25, 0.3) is 11.5 Å². The van der Waals surface area contributed by atoms with E-state index in [1.165, 1.54) is 10.6 Å². The first-order chi connectivity index (χ1) is 10.5. The summed E-state index contributed by atoms with van der Waals surface area (Å²) >= 11 is 9.56. The Hall–Kier alpha value is -1.79. The third-order valence-electron chi connectivity index (χ3n) is 3.61. The number of hydrogen-bond acceptors (Lipinski definition) is 3. The number of nitrogens with one attached hydrogen (secondary N) is 2. The zero-order valence-corrected chi connectivity index (χ0v) is 14.1. The van der Waals surface area contributed by atoms with E-state index in [1.54, 1.807) is 19.2 Å². The molecule has 0 saturated carbocycles. The lowest BCUT2D eigenvalue weighted by Crippen LogP contribution is -2.36. The van der Waals surface area contributed by atoms with E-state index in [0.29, 0.717) is 35.1 Å². The van der Waals surface area contributed by atoms with E-state index < -0.39 is 0 Å². The van der Waals surface area contributed by atoms with Gasteiger partial charge in [-0.3, -0.25) is 14.2 Å². The standard InChI is InChI=1S/C15H13BrClN3O2/c1-20-12(21)6-8-4-5-18-15(22)13(8)14(20)19-11-3-2-9(16)7-10(11)17/h2-3,6-7,19H,4-5H2,1H3,(H,18,22). The number of anilines is 2. The third kappa shape index (κ3) is 2.64. The molecule has 0 bridgehead atoms. The summed E-state index contributed by atoms with van der Waals surface area (Å²) in [6, 6.07) is 6.89. The average molecular weight is 383 g/mol. The van der Waals surface area contributed by atoms with Crippen LogP contribution in [-0.2, 0) is 13.5 Å². The highest BCUT2D eigenvalue weighted by Gasteiger charge is 2.24. The summed E-state index contributed by atoms with van der Waals surface area (Å²) < 4.78 is 2.27. The second-order valence-corrected chi connectivity index (χ2v) is 6.37. The molecule has 1 aromatic carbocycles. The molecule has 2 N–H and O–H groups in total. The van der Waals surface area contributed by atoms with Gasteiger partial charge in [-0.25, -0.2) is 0 Å². The van der Waals surface area contributed by atoms with Crippen molar-refractivity contribution in [1.82, 2.24) is 9.88 Å². The SMILES string of the molecule is Cn1c(Nc2ccc(Br)cc2Cl)c2c(cc1=O)CCNC2=O. The number of nitrogens with zero attached hydrogens (tertiary/aromatic N) is 1. The molecule has 0 radical (unpaired) electrons. The molecule has 7 heteroatoms. The molecule has 1 aliphatic rings. The van der Waals surface area contributed by atoms with Gasteiger partial charge in [0.1, 0.15) is 5.82 Å².